The van der Waals surface area contributed by atoms with E-state index >= 15 is 0 Å². The summed E-state index contributed by atoms with van der Waals surface area (Å²) in [5.74, 6) is 0.974. The lowest BCUT2D eigenvalue weighted by Crippen LogP contribution is -2.49. The summed E-state index contributed by atoms with van der Waals surface area (Å²) in [6, 6.07) is 1.70. The topological polar surface area (TPSA) is 105 Å². The minimum atomic E-state index is -3.26. The predicted octanol–water partition coefficient (Wildman–Crippen LogP) is 1.66. The second-order valence-corrected chi connectivity index (χ2v) is 9.05. The van der Waals surface area contributed by atoms with E-state index in [0.29, 0.717) is 31.2 Å². The number of likely N-dealkylation sites (tertiary alicyclic amines) is 1. The first-order valence-electron chi connectivity index (χ1n) is 8.60. The summed E-state index contributed by atoms with van der Waals surface area (Å²) < 4.78 is 31.3. The van der Waals surface area contributed by atoms with Gasteiger partial charge in [-0.25, -0.2) is 13.1 Å². The van der Waals surface area contributed by atoms with Crippen LogP contribution in [0.4, 0.5) is 0 Å². The number of amides is 1. The van der Waals surface area contributed by atoms with E-state index in [0.717, 1.165) is 18.4 Å². The van der Waals surface area contributed by atoms with E-state index in [4.69, 9.17) is 4.52 Å². The van der Waals surface area contributed by atoms with Gasteiger partial charge in [-0.15, -0.1) is 0 Å². The molecule has 26 heavy (non-hydrogen) atoms. The lowest BCUT2D eigenvalue weighted by Gasteiger charge is -2.33. The minimum absolute atomic E-state index is 0.0271. The van der Waals surface area contributed by atoms with Gasteiger partial charge in [0.2, 0.25) is 27.6 Å². The van der Waals surface area contributed by atoms with Crippen LogP contribution in [-0.4, -0.2) is 54.2 Å². The fourth-order valence-electron chi connectivity index (χ4n) is 2.87. The number of piperidine rings is 1. The Morgan fingerprint density at radius 2 is 2.35 bits per heavy atom. The number of nitrogens with zero attached hydrogens (tertiary/aromatic N) is 3. The summed E-state index contributed by atoms with van der Waals surface area (Å²) in [5, 5.41) is 7.80. The van der Waals surface area contributed by atoms with Crippen molar-refractivity contribution in [1.29, 1.82) is 0 Å². The molecule has 3 heterocycles. The molecular formula is C16H22N4O4S2. The Kier molecular flexibility index (Phi) is 6.05. The molecule has 0 unspecified atom stereocenters. The molecule has 1 aliphatic rings. The van der Waals surface area contributed by atoms with Gasteiger partial charge in [-0.2, -0.15) is 16.3 Å². The van der Waals surface area contributed by atoms with E-state index in [1.54, 1.807) is 23.2 Å². The highest BCUT2D eigenvalue weighted by Gasteiger charge is 2.26. The van der Waals surface area contributed by atoms with Gasteiger partial charge in [0, 0.05) is 42.9 Å². The van der Waals surface area contributed by atoms with Gasteiger partial charge < -0.3 is 9.42 Å². The quantitative estimate of drug-likeness (QED) is 0.760. The van der Waals surface area contributed by atoms with Crippen LogP contribution in [0.2, 0.25) is 0 Å². The fourth-order valence-corrected chi connectivity index (χ4v) is 4.38. The van der Waals surface area contributed by atoms with E-state index in [2.05, 4.69) is 14.9 Å². The molecule has 0 radical (unpaired) electrons. The molecule has 0 bridgehead atoms. The molecular weight excluding hydrogens is 376 g/mol. The number of carbonyl (C=O) groups is 1. The van der Waals surface area contributed by atoms with Crippen LogP contribution < -0.4 is 4.72 Å². The summed E-state index contributed by atoms with van der Waals surface area (Å²) in [5.41, 5.74) is 0.901. The number of sulfonamides is 1. The van der Waals surface area contributed by atoms with Gasteiger partial charge in [-0.3, -0.25) is 4.79 Å². The first kappa shape index (κ1) is 19.0. The molecule has 1 aliphatic heterocycles. The van der Waals surface area contributed by atoms with Crippen molar-refractivity contribution in [3.05, 3.63) is 22.7 Å². The maximum absolute atomic E-state index is 12.4. The SMILES string of the molecule is CCS(=O)(=O)N[C@H]1CCCN(C(=O)CCc2nc(-c3ccsc3)no2)C1. The first-order valence-corrected chi connectivity index (χ1v) is 11.2. The molecule has 1 amide bonds. The van der Waals surface area contributed by atoms with Crippen molar-refractivity contribution in [2.45, 2.75) is 38.6 Å². The maximum Gasteiger partial charge on any atom is 0.227 e. The van der Waals surface area contributed by atoms with E-state index < -0.39 is 10.0 Å². The van der Waals surface area contributed by atoms with E-state index in [-0.39, 0.29) is 24.1 Å². The van der Waals surface area contributed by atoms with Crippen LogP contribution in [0.3, 0.4) is 0 Å². The number of aromatic nitrogens is 2. The monoisotopic (exact) mass is 398 g/mol. The number of hydrogen-bond acceptors (Lipinski definition) is 7. The zero-order valence-corrected chi connectivity index (χ0v) is 16.2. The first-order chi connectivity index (χ1) is 12.5. The third-order valence-electron chi connectivity index (χ3n) is 4.30. The van der Waals surface area contributed by atoms with E-state index in [9.17, 15) is 13.2 Å². The van der Waals surface area contributed by atoms with Gasteiger partial charge in [-0.1, -0.05) is 5.16 Å². The lowest BCUT2D eigenvalue weighted by molar-refractivity contribution is -0.132. The maximum atomic E-state index is 12.4. The predicted molar refractivity (Wildman–Crippen MR) is 98.1 cm³/mol. The van der Waals surface area contributed by atoms with Crippen LogP contribution in [0.1, 0.15) is 32.1 Å². The molecule has 0 aliphatic carbocycles. The number of hydrogen-bond donors (Lipinski definition) is 1. The summed E-state index contributed by atoms with van der Waals surface area (Å²) >= 11 is 1.56. The fraction of sp³-hybridized carbons (Fsp3) is 0.562. The van der Waals surface area contributed by atoms with Crippen molar-refractivity contribution in [3.8, 4) is 11.4 Å². The number of rotatable bonds is 7. The van der Waals surface area contributed by atoms with E-state index in [1.165, 1.54) is 0 Å². The van der Waals surface area contributed by atoms with Crippen LogP contribution in [0, 0.1) is 0 Å². The van der Waals surface area contributed by atoms with Crippen molar-refractivity contribution in [2.24, 2.45) is 0 Å². The van der Waals surface area contributed by atoms with Crippen molar-refractivity contribution in [3.63, 3.8) is 0 Å². The summed E-state index contributed by atoms with van der Waals surface area (Å²) in [6.07, 6.45) is 2.17. The molecule has 1 atom stereocenters. The Hall–Kier alpha value is -1.78. The molecule has 142 valence electrons. The largest absolute Gasteiger partial charge is 0.341 e. The second-order valence-electron chi connectivity index (χ2n) is 6.22. The Balaban J connectivity index is 1.51. The summed E-state index contributed by atoms with van der Waals surface area (Å²) in [6.45, 7) is 2.65. The number of nitrogens with one attached hydrogen (secondary N) is 1. The van der Waals surface area contributed by atoms with Gasteiger partial charge in [0.25, 0.3) is 0 Å². The molecule has 0 saturated carbocycles. The normalized spacial score (nSPS) is 18.2. The van der Waals surface area contributed by atoms with Gasteiger partial charge in [0.05, 0.1) is 5.75 Å². The zero-order chi connectivity index (χ0) is 18.6. The van der Waals surface area contributed by atoms with E-state index in [1.807, 2.05) is 16.8 Å². The van der Waals surface area contributed by atoms with Crippen molar-refractivity contribution in [1.82, 2.24) is 19.8 Å². The standard InChI is InChI=1S/C16H22N4O4S2/c1-2-26(22,23)19-13-4-3-8-20(10-13)15(21)6-5-14-17-16(18-24-14)12-7-9-25-11-12/h7,9,11,13,19H,2-6,8,10H2,1H3/t13-/m0/s1. The van der Waals surface area contributed by atoms with Crippen molar-refractivity contribution in [2.75, 3.05) is 18.8 Å². The number of carbonyl (C=O) groups excluding carboxylic acids is 1. The Morgan fingerprint density at radius 1 is 1.50 bits per heavy atom. The number of thiophene rings is 1. The molecule has 0 aromatic carbocycles. The van der Waals surface area contributed by atoms with Crippen LogP contribution in [0.15, 0.2) is 21.3 Å². The van der Waals surface area contributed by atoms with Crippen LogP contribution in [0.25, 0.3) is 11.4 Å². The van der Waals surface area contributed by atoms with Crippen LogP contribution in [0.5, 0.6) is 0 Å². The highest BCUT2D eigenvalue weighted by molar-refractivity contribution is 7.89. The summed E-state index contributed by atoms with van der Waals surface area (Å²) in [7, 11) is -3.26. The highest BCUT2D eigenvalue weighted by atomic mass is 32.2. The molecule has 0 spiro atoms. The molecule has 1 saturated heterocycles. The molecule has 1 N–H and O–H groups in total. The average molecular weight is 399 g/mol. The second kappa shape index (κ2) is 8.28. The van der Waals surface area contributed by atoms with Gasteiger partial charge in [0.1, 0.15) is 0 Å². The molecule has 2 aromatic heterocycles. The third-order valence-corrected chi connectivity index (χ3v) is 6.44. The zero-order valence-electron chi connectivity index (χ0n) is 14.6. The highest BCUT2D eigenvalue weighted by Crippen LogP contribution is 2.19. The molecule has 8 nitrogen and oxygen atoms in total. The lowest BCUT2D eigenvalue weighted by atomic mass is 10.1. The Bertz CT molecular complexity index is 832. The molecule has 3 rings (SSSR count). The molecule has 1 fully saturated rings. The van der Waals surface area contributed by atoms with Gasteiger partial charge in [-0.05, 0) is 31.2 Å². The van der Waals surface area contributed by atoms with Crippen LogP contribution >= 0.6 is 11.3 Å². The third kappa shape index (κ3) is 4.89. The number of aryl methyl sites for hydroxylation is 1. The van der Waals surface area contributed by atoms with Gasteiger partial charge >= 0.3 is 0 Å². The van der Waals surface area contributed by atoms with Gasteiger partial charge in [0.15, 0.2) is 0 Å². The molecule has 2 aromatic rings. The van der Waals surface area contributed by atoms with Crippen molar-refractivity contribution >= 4 is 27.3 Å². The van der Waals surface area contributed by atoms with Crippen molar-refractivity contribution < 1.29 is 17.7 Å². The van der Waals surface area contributed by atoms with Crippen LogP contribution in [-0.2, 0) is 21.2 Å². The smallest absolute Gasteiger partial charge is 0.227 e. The minimum Gasteiger partial charge on any atom is -0.341 e. The Morgan fingerprint density at radius 3 is 3.08 bits per heavy atom. The molecule has 10 heteroatoms. The average Bonchev–Trinajstić information content (AvgIpc) is 3.31. The Labute approximate surface area is 156 Å². The summed E-state index contributed by atoms with van der Waals surface area (Å²) in [4.78, 5) is 18.5.